The van der Waals surface area contributed by atoms with Crippen molar-refractivity contribution in [1.29, 1.82) is 0 Å². The molecule has 0 aliphatic rings. The summed E-state index contributed by atoms with van der Waals surface area (Å²) in [7, 11) is -5.22. The smallest absolute Gasteiger partial charge is 0.255 e. The van der Waals surface area contributed by atoms with E-state index in [-0.39, 0.29) is 70.0 Å². The molecule has 55 heavy (non-hydrogen) atoms. The van der Waals surface area contributed by atoms with Crippen LogP contribution in [0.15, 0.2) is 94.7 Å². The van der Waals surface area contributed by atoms with Crippen LogP contribution in [0.4, 0.5) is 22.7 Å². The highest BCUT2D eigenvalue weighted by Crippen LogP contribution is 2.33. The zero-order chi connectivity index (χ0) is 40.5. The molecular weight excluding hydrogens is 749 g/mol. The van der Waals surface area contributed by atoms with Gasteiger partial charge in [0, 0.05) is 31.7 Å². The van der Waals surface area contributed by atoms with E-state index in [0.717, 1.165) is 0 Å². The van der Waals surface area contributed by atoms with E-state index < -0.39 is 43.7 Å². The van der Waals surface area contributed by atoms with Gasteiger partial charge in [0.1, 0.15) is 17.4 Å². The third kappa shape index (κ3) is 9.43. The maximum atomic E-state index is 14.3. The molecular formula is C38H46N6O9S2. The monoisotopic (exact) mass is 794 g/mol. The molecule has 17 heteroatoms. The van der Waals surface area contributed by atoms with Gasteiger partial charge in [0.25, 0.3) is 5.91 Å². The molecule has 4 rings (SSSR count). The Kier molecular flexibility index (Phi) is 14.0. The Morgan fingerprint density at radius 3 is 1.45 bits per heavy atom. The second-order valence-corrected chi connectivity index (χ2v) is 15.9. The van der Waals surface area contributed by atoms with Crippen LogP contribution in [-0.4, -0.2) is 83.6 Å². The second-order valence-electron chi connectivity index (χ2n) is 12.0. The molecule has 0 aliphatic heterocycles. The van der Waals surface area contributed by atoms with Gasteiger partial charge in [0.15, 0.2) is 0 Å². The molecule has 0 saturated heterocycles. The molecule has 0 aromatic heterocycles. The number of rotatable bonds is 17. The zero-order valence-corrected chi connectivity index (χ0v) is 33.1. The lowest BCUT2D eigenvalue weighted by Crippen LogP contribution is -2.33. The van der Waals surface area contributed by atoms with E-state index in [1.54, 1.807) is 52.0 Å². The zero-order valence-electron chi connectivity index (χ0n) is 31.5. The van der Waals surface area contributed by atoms with Crippen LogP contribution in [0, 0.1) is 0 Å². The number of amides is 3. The molecule has 0 fully saturated rings. The van der Waals surface area contributed by atoms with Crippen molar-refractivity contribution in [1.82, 2.24) is 8.61 Å². The number of nitrogen functional groups attached to an aromatic ring is 1. The number of para-hydroxylation sites is 2. The highest BCUT2D eigenvalue weighted by atomic mass is 32.2. The lowest BCUT2D eigenvalue weighted by atomic mass is 9.95. The SMILES string of the molecule is CCN(CC)S(=O)(=O)c1ccc(OC)c(NC(=O)C(C(=O)Nc2cc(S(=O)(=O)N(CC)CC)ccc2OC)c2ccc(C(=O)Nc3ccccc3N)cc2)c1. The Labute approximate surface area is 321 Å². The first-order valence-electron chi connectivity index (χ1n) is 17.4. The molecule has 0 radical (unpaired) electrons. The summed E-state index contributed by atoms with van der Waals surface area (Å²) in [6.45, 7) is 7.65. The van der Waals surface area contributed by atoms with E-state index in [1.165, 1.54) is 83.5 Å². The third-order valence-electron chi connectivity index (χ3n) is 8.78. The Hall–Kier alpha value is -5.49. The Morgan fingerprint density at radius 1 is 0.618 bits per heavy atom. The Morgan fingerprint density at radius 2 is 1.05 bits per heavy atom. The highest BCUT2D eigenvalue weighted by Gasteiger charge is 2.32. The molecule has 4 aromatic carbocycles. The number of anilines is 4. The number of methoxy groups -OCH3 is 2. The van der Waals surface area contributed by atoms with Crippen molar-refractivity contribution in [3.63, 3.8) is 0 Å². The number of hydrogen-bond acceptors (Lipinski definition) is 10. The van der Waals surface area contributed by atoms with Gasteiger partial charge in [0.2, 0.25) is 31.9 Å². The van der Waals surface area contributed by atoms with Crippen molar-refractivity contribution < 1.29 is 40.7 Å². The lowest BCUT2D eigenvalue weighted by molar-refractivity contribution is -0.126. The van der Waals surface area contributed by atoms with Crippen molar-refractivity contribution in [2.45, 2.75) is 43.4 Å². The fourth-order valence-corrected chi connectivity index (χ4v) is 8.75. The maximum Gasteiger partial charge on any atom is 0.255 e. The molecule has 15 nitrogen and oxygen atoms in total. The van der Waals surface area contributed by atoms with E-state index in [2.05, 4.69) is 16.0 Å². The van der Waals surface area contributed by atoms with Gasteiger partial charge in [-0.15, -0.1) is 0 Å². The molecule has 4 aromatic rings. The number of carbonyl (C=O) groups excluding carboxylic acids is 3. The second kappa shape index (κ2) is 18.2. The minimum Gasteiger partial charge on any atom is -0.495 e. The van der Waals surface area contributed by atoms with Crippen molar-refractivity contribution in [3.8, 4) is 11.5 Å². The summed E-state index contributed by atoms with van der Waals surface area (Å²) >= 11 is 0. The lowest BCUT2D eigenvalue weighted by Gasteiger charge is -2.22. The molecule has 0 atom stereocenters. The number of carbonyl (C=O) groups is 3. The molecule has 0 heterocycles. The number of nitrogens with zero attached hydrogens (tertiary/aromatic N) is 2. The van der Waals surface area contributed by atoms with Gasteiger partial charge in [-0.2, -0.15) is 8.61 Å². The number of nitrogens with two attached hydrogens (primary N) is 1. The van der Waals surface area contributed by atoms with Gasteiger partial charge in [-0.25, -0.2) is 16.8 Å². The van der Waals surface area contributed by atoms with Gasteiger partial charge in [0.05, 0.1) is 46.8 Å². The van der Waals surface area contributed by atoms with E-state index in [4.69, 9.17) is 15.2 Å². The number of benzene rings is 4. The number of hydrogen-bond donors (Lipinski definition) is 4. The fourth-order valence-electron chi connectivity index (χ4n) is 5.78. The predicted molar refractivity (Wildman–Crippen MR) is 211 cm³/mol. The van der Waals surface area contributed by atoms with Crippen molar-refractivity contribution in [3.05, 3.63) is 96.1 Å². The van der Waals surface area contributed by atoms with Crippen LogP contribution < -0.4 is 31.2 Å². The largest absolute Gasteiger partial charge is 0.495 e. The number of nitrogens with one attached hydrogen (secondary N) is 3. The van der Waals surface area contributed by atoms with Crippen molar-refractivity contribution in [2.24, 2.45) is 0 Å². The molecule has 294 valence electrons. The molecule has 0 saturated carbocycles. The average molecular weight is 795 g/mol. The van der Waals surface area contributed by atoms with E-state index in [0.29, 0.717) is 11.4 Å². The van der Waals surface area contributed by atoms with Crippen LogP contribution in [0.3, 0.4) is 0 Å². The summed E-state index contributed by atoms with van der Waals surface area (Å²) in [5, 5.41) is 8.02. The Bertz CT molecular complexity index is 2130. The minimum absolute atomic E-state index is 0.0279. The summed E-state index contributed by atoms with van der Waals surface area (Å²) in [6.07, 6.45) is 0. The number of sulfonamides is 2. The highest BCUT2D eigenvalue weighted by molar-refractivity contribution is 7.89. The number of ether oxygens (including phenoxy) is 2. The molecule has 0 spiro atoms. The molecule has 0 bridgehead atoms. The maximum absolute atomic E-state index is 14.3. The van der Waals surface area contributed by atoms with E-state index in [9.17, 15) is 31.2 Å². The van der Waals surface area contributed by atoms with Crippen molar-refractivity contribution in [2.75, 3.05) is 62.1 Å². The van der Waals surface area contributed by atoms with Gasteiger partial charge in [-0.3, -0.25) is 14.4 Å². The summed E-state index contributed by atoms with van der Waals surface area (Å²) in [4.78, 5) is 41.4. The summed E-state index contributed by atoms with van der Waals surface area (Å²) in [6, 6.07) is 20.4. The van der Waals surface area contributed by atoms with Gasteiger partial charge in [-0.1, -0.05) is 52.0 Å². The fraction of sp³-hybridized carbons (Fsp3) is 0.289. The first kappa shape index (κ1) is 42.3. The normalized spacial score (nSPS) is 11.7. The molecule has 0 aliphatic carbocycles. The van der Waals surface area contributed by atoms with Gasteiger partial charge >= 0.3 is 0 Å². The molecule has 5 N–H and O–H groups in total. The summed E-state index contributed by atoms with van der Waals surface area (Å²) in [5.41, 5.74) is 7.01. The predicted octanol–water partition coefficient (Wildman–Crippen LogP) is 4.96. The summed E-state index contributed by atoms with van der Waals surface area (Å²) < 4.78 is 66.8. The van der Waals surface area contributed by atoms with E-state index in [1.807, 2.05) is 0 Å². The van der Waals surface area contributed by atoms with Crippen molar-refractivity contribution >= 4 is 60.5 Å². The first-order valence-corrected chi connectivity index (χ1v) is 20.3. The van der Waals surface area contributed by atoms with Crippen LogP contribution in [0.2, 0.25) is 0 Å². The standard InChI is InChI=1S/C38H46N6O9S2/c1-7-43(8-2)54(48,49)27-19-21-33(52-5)31(23-27)41-37(46)35(25-15-17-26(18-16-25)36(45)40-30-14-12-11-13-29(30)39)38(47)42-32-24-28(20-22-34(32)53-6)55(50,51)44(9-3)10-4/h11-24,35H,7-10,39H2,1-6H3,(H,40,45)(H,41,46)(H,42,47). The van der Waals surface area contributed by atoms with Gasteiger partial charge in [-0.05, 0) is 66.2 Å². The van der Waals surface area contributed by atoms with E-state index >= 15 is 0 Å². The van der Waals surface area contributed by atoms with Crippen LogP contribution in [-0.2, 0) is 29.6 Å². The molecule has 3 amide bonds. The molecule has 0 unspecified atom stereocenters. The van der Waals surface area contributed by atoms with Crippen LogP contribution >= 0.6 is 0 Å². The van der Waals surface area contributed by atoms with Crippen LogP contribution in [0.25, 0.3) is 0 Å². The van der Waals surface area contributed by atoms with Crippen LogP contribution in [0.5, 0.6) is 11.5 Å². The minimum atomic E-state index is -3.95. The average Bonchev–Trinajstić information content (AvgIpc) is 3.16. The topological polar surface area (TPSA) is 207 Å². The van der Waals surface area contributed by atoms with Crippen LogP contribution in [0.1, 0.15) is 49.5 Å². The third-order valence-corrected chi connectivity index (χ3v) is 12.9. The first-order chi connectivity index (χ1) is 26.2. The quantitative estimate of drug-likeness (QED) is 0.0835. The summed E-state index contributed by atoms with van der Waals surface area (Å²) in [5.74, 6) is -3.69. The Balaban J connectivity index is 1.78. The van der Waals surface area contributed by atoms with Gasteiger partial charge < -0.3 is 31.2 Å².